The van der Waals surface area contributed by atoms with Crippen molar-refractivity contribution in [2.45, 2.75) is 24.7 Å². The van der Waals surface area contributed by atoms with Crippen LogP contribution in [-0.4, -0.2) is 18.6 Å². The number of sulfonamides is 1. The molecule has 2 N–H and O–H groups in total. The summed E-state index contributed by atoms with van der Waals surface area (Å²) in [6.45, 7) is 4.12. The van der Waals surface area contributed by atoms with Crippen LogP contribution in [0.15, 0.2) is 71.6 Å². The standard InChI is InChI=1S/C19H20N4O2S/c1-14(2)15-8-10-17(11-9-15)26(24,25)23-19-13-12-18(21-22-19)20-16-6-4-3-5-7-16/h3-14H,1-2H3,(H,20,21)(H,22,23). The number of nitrogens with zero attached hydrogens (tertiary/aromatic N) is 2. The van der Waals surface area contributed by atoms with Gasteiger partial charge in [0, 0.05) is 5.69 Å². The number of aromatic nitrogens is 2. The van der Waals surface area contributed by atoms with E-state index in [0.29, 0.717) is 11.7 Å². The van der Waals surface area contributed by atoms with Gasteiger partial charge in [0.05, 0.1) is 4.90 Å². The van der Waals surface area contributed by atoms with Crippen molar-refractivity contribution in [1.29, 1.82) is 0 Å². The number of hydrogen-bond donors (Lipinski definition) is 2. The molecule has 0 aliphatic heterocycles. The molecular formula is C19H20N4O2S. The molecule has 6 nitrogen and oxygen atoms in total. The van der Waals surface area contributed by atoms with Crippen LogP contribution in [0.5, 0.6) is 0 Å². The summed E-state index contributed by atoms with van der Waals surface area (Å²) in [5, 5.41) is 11.0. The molecule has 0 spiro atoms. The minimum atomic E-state index is -3.70. The fourth-order valence-corrected chi connectivity index (χ4v) is 3.35. The highest BCUT2D eigenvalue weighted by atomic mass is 32.2. The quantitative estimate of drug-likeness (QED) is 0.683. The van der Waals surface area contributed by atoms with Gasteiger partial charge in [-0.1, -0.05) is 44.2 Å². The predicted molar refractivity (Wildman–Crippen MR) is 103 cm³/mol. The Bertz CT molecular complexity index is 955. The minimum absolute atomic E-state index is 0.163. The Kier molecular flexibility index (Phi) is 5.18. The highest BCUT2D eigenvalue weighted by molar-refractivity contribution is 7.92. The Morgan fingerprint density at radius 1 is 0.808 bits per heavy atom. The SMILES string of the molecule is CC(C)c1ccc(S(=O)(=O)Nc2ccc(Nc3ccccc3)nn2)cc1. The van der Waals surface area contributed by atoms with E-state index in [1.54, 1.807) is 24.3 Å². The van der Waals surface area contributed by atoms with Crippen LogP contribution < -0.4 is 10.0 Å². The Morgan fingerprint density at radius 3 is 2.00 bits per heavy atom. The van der Waals surface area contributed by atoms with Crippen LogP contribution in [0, 0.1) is 0 Å². The second-order valence-electron chi connectivity index (χ2n) is 6.12. The van der Waals surface area contributed by atoms with Crippen LogP contribution in [-0.2, 0) is 10.0 Å². The summed E-state index contributed by atoms with van der Waals surface area (Å²) in [5.41, 5.74) is 1.96. The summed E-state index contributed by atoms with van der Waals surface area (Å²) >= 11 is 0. The number of benzene rings is 2. The van der Waals surface area contributed by atoms with E-state index in [-0.39, 0.29) is 10.7 Å². The zero-order valence-corrected chi connectivity index (χ0v) is 15.4. The van der Waals surface area contributed by atoms with Crippen molar-refractivity contribution in [2.75, 3.05) is 10.0 Å². The van der Waals surface area contributed by atoms with Gasteiger partial charge in [0.15, 0.2) is 11.6 Å². The molecule has 0 atom stereocenters. The van der Waals surface area contributed by atoms with Crippen LogP contribution in [0.4, 0.5) is 17.3 Å². The number of rotatable bonds is 6. The van der Waals surface area contributed by atoms with Crippen molar-refractivity contribution < 1.29 is 8.42 Å². The van der Waals surface area contributed by atoms with E-state index in [1.165, 1.54) is 0 Å². The summed E-state index contributed by atoms with van der Waals surface area (Å²) < 4.78 is 27.4. The molecule has 1 heterocycles. The van der Waals surface area contributed by atoms with Crippen molar-refractivity contribution in [1.82, 2.24) is 10.2 Å². The average molecular weight is 368 g/mol. The number of hydrogen-bond acceptors (Lipinski definition) is 5. The molecular weight excluding hydrogens is 348 g/mol. The molecule has 0 fully saturated rings. The number of anilines is 3. The normalized spacial score (nSPS) is 11.3. The molecule has 3 rings (SSSR count). The van der Waals surface area contributed by atoms with Gasteiger partial charge in [0.1, 0.15) is 0 Å². The van der Waals surface area contributed by atoms with E-state index in [2.05, 4.69) is 34.1 Å². The van der Waals surface area contributed by atoms with Crippen LogP contribution in [0.3, 0.4) is 0 Å². The second-order valence-corrected chi connectivity index (χ2v) is 7.81. The molecule has 0 bridgehead atoms. The van der Waals surface area contributed by atoms with Crippen molar-refractivity contribution in [3.05, 3.63) is 72.3 Å². The maximum absolute atomic E-state index is 12.5. The van der Waals surface area contributed by atoms with E-state index in [4.69, 9.17) is 0 Å². The first kappa shape index (κ1) is 17.9. The Labute approximate surface area is 153 Å². The lowest BCUT2D eigenvalue weighted by atomic mass is 10.0. The van der Waals surface area contributed by atoms with Crippen LogP contribution in [0.2, 0.25) is 0 Å². The monoisotopic (exact) mass is 368 g/mol. The molecule has 2 aromatic carbocycles. The first-order valence-electron chi connectivity index (χ1n) is 8.22. The summed E-state index contributed by atoms with van der Waals surface area (Å²) in [6, 6.07) is 19.6. The maximum atomic E-state index is 12.5. The van der Waals surface area contributed by atoms with E-state index in [9.17, 15) is 8.42 Å². The van der Waals surface area contributed by atoms with Gasteiger partial charge in [-0.25, -0.2) is 8.42 Å². The Hall–Kier alpha value is -2.93. The summed E-state index contributed by atoms with van der Waals surface area (Å²) in [4.78, 5) is 0.190. The molecule has 0 aliphatic rings. The molecule has 0 radical (unpaired) electrons. The third-order valence-corrected chi connectivity index (χ3v) is 5.18. The van der Waals surface area contributed by atoms with Gasteiger partial charge in [-0.05, 0) is 47.9 Å². The Morgan fingerprint density at radius 2 is 1.42 bits per heavy atom. The lowest BCUT2D eigenvalue weighted by molar-refractivity contribution is 0.601. The third kappa shape index (κ3) is 4.37. The van der Waals surface area contributed by atoms with E-state index in [1.807, 2.05) is 42.5 Å². The number of nitrogens with one attached hydrogen (secondary N) is 2. The van der Waals surface area contributed by atoms with Crippen molar-refractivity contribution in [3.63, 3.8) is 0 Å². The second kappa shape index (κ2) is 7.53. The zero-order valence-electron chi connectivity index (χ0n) is 14.5. The smallest absolute Gasteiger partial charge is 0.263 e. The number of para-hydroxylation sites is 1. The molecule has 0 unspecified atom stereocenters. The fourth-order valence-electron chi connectivity index (χ4n) is 2.35. The molecule has 134 valence electrons. The van der Waals surface area contributed by atoms with Gasteiger partial charge in [-0.15, -0.1) is 10.2 Å². The highest BCUT2D eigenvalue weighted by Crippen LogP contribution is 2.20. The summed E-state index contributed by atoms with van der Waals surface area (Å²) in [7, 11) is -3.70. The van der Waals surface area contributed by atoms with Gasteiger partial charge in [0.25, 0.3) is 10.0 Å². The average Bonchev–Trinajstić information content (AvgIpc) is 2.64. The maximum Gasteiger partial charge on any atom is 0.263 e. The van der Waals surface area contributed by atoms with Crippen molar-refractivity contribution in [2.24, 2.45) is 0 Å². The van der Waals surface area contributed by atoms with Gasteiger partial charge in [-0.3, -0.25) is 4.72 Å². The van der Waals surface area contributed by atoms with Crippen LogP contribution >= 0.6 is 0 Å². The zero-order chi connectivity index (χ0) is 18.6. The Balaban J connectivity index is 1.71. The largest absolute Gasteiger partial charge is 0.339 e. The first-order valence-corrected chi connectivity index (χ1v) is 9.71. The van der Waals surface area contributed by atoms with Gasteiger partial charge in [0.2, 0.25) is 0 Å². The molecule has 7 heteroatoms. The van der Waals surface area contributed by atoms with Crippen molar-refractivity contribution in [3.8, 4) is 0 Å². The molecule has 0 saturated heterocycles. The van der Waals surface area contributed by atoms with Gasteiger partial charge in [-0.2, -0.15) is 0 Å². The molecule has 0 amide bonds. The van der Waals surface area contributed by atoms with Crippen LogP contribution in [0.25, 0.3) is 0 Å². The van der Waals surface area contributed by atoms with E-state index in [0.717, 1.165) is 11.3 Å². The first-order chi connectivity index (χ1) is 12.4. The predicted octanol–water partition coefficient (Wildman–Crippen LogP) is 4.14. The third-order valence-electron chi connectivity index (χ3n) is 3.81. The van der Waals surface area contributed by atoms with Gasteiger partial charge >= 0.3 is 0 Å². The minimum Gasteiger partial charge on any atom is -0.339 e. The summed E-state index contributed by atoms with van der Waals surface area (Å²) in [6.07, 6.45) is 0. The molecule has 0 saturated carbocycles. The summed E-state index contributed by atoms with van der Waals surface area (Å²) in [5.74, 6) is 1.03. The molecule has 1 aromatic heterocycles. The van der Waals surface area contributed by atoms with Crippen LogP contribution in [0.1, 0.15) is 25.3 Å². The topological polar surface area (TPSA) is 84.0 Å². The molecule has 26 heavy (non-hydrogen) atoms. The van der Waals surface area contributed by atoms with E-state index >= 15 is 0 Å². The lowest BCUT2D eigenvalue weighted by Crippen LogP contribution is -2.14. The van der Waals surface area contributed by atoms with Gasteiger partial charge < -0.3 is 5.32 Å². The van der Waals surface area contributed by atoms with Crippen molar-refractivity contribution >= 4 is 27.3 Å². The fraction of sp³-hybridized carbons (Fsp3) is 0.158. The molecule has 0 aliphatic carbocycles. The highest BCUT2D eigenvalue weighted by Gasteiger charge is 2.15. The molecule has 3 aromatic rings. The lowest BCUT2D eigenvalue weighted by Gasteiger charge is -2.10. The van der Waals surface area contributed by atoms with E-state index < -0.39 is 10.0 Å².